The van der Waals surface area contributed by atoms with Crippen molar-refractivity contribution in [3.05, 3.63) is 100 Å². The Morgan fingerprint density at radius 2 is 1.80 bits per heavy atom. The summed E-state index contributed by atoms with van der Waals surface area (Å²) in [5.74, 6) is 1.75. The fourth-order valence-electron chi connectivity index (χ4n) is 5.12. The van der Waals surface area contributed by atoms with E-state index < -0.39 is 5.60 Å². The molecule has 1 fully saturated rings. The molecule has 0 amide bonds. The Kier molecular flexibility index (Phi) is 7.14. The molecular weight excluding hydrogens is 458 g/mol. The first kappa shape index (κ1) is 23.9. The van der Waals surface area contributed by atoms with Crippen LogP contribution in [0.4, 0.5) is 0 Å². The lowest BCUT2D eigenvalue weighted by Crippen LogP contribution is -2.42. The predicted octanol–water partition coefficient (Wildman–Crippen LogP) is 6.44. The van der Waals surface area contributed by atoms with Crippen LogP contribution in [0.2, 0.25) is 5.02 Å². The summed E-state index contributed by atoms with van der Waals surface area (Å²) in [7, 11) is 0. The summed E-state index contributed by atoms with van der Waals surface area (Å²) in [6, 6.07) is 22.2. The molecule has 35 heavy (non-hydrogen) atoms. The molecule has 0 radical (unpaired) electrons. The van der Waals surface area contributed by atoms with Gasteiger partial charge in [0.05, 0.1) is 12.2 Å². The van der Waals surface area contributed by atoms with Crippen molar-refractivity contribution in [3.8, 4) is 11.5 Å². The largest absolute Gasteiger partial charge is 0.494 e. The third-order valence-corrected chi connectivity index (χ3v) is 7.35. The number of fused-ring (bicyclic) bond motifs is 2. The number of hydrogen-bond acceptors (Lipinski definition) is 4. The molecule has 4 nitrogen and oxygen atoms in total. The van der Waals surface area contributed by atoms with Crippen LogP contribution in [-0.2, 0) is 12.2 Å². The van der Waals surface area contributed by atoms with Gasteiger partial charge >= 0.3 is 0 Å². The van der Waals surface area contributed by atoms with Crippen molar-refractivity contribution >= 4 is 17.2 Å². The molecule has 1 N–H and O–H groups in total. The lowest BCUT2D eigenvalue weighted by molar-refractivity contribution is -0.0254. The number of aliphatic hydroxyl groups is 1. The van der Waals surface area contributed by atoms with Crippen molar-refractivity contribution in [3.63, 3.8) is 0 Å². The molecule has 0 bridgehead atoms. The Morgan fingerprint density at radius 3 is 2.57 bits per heavy atom. The van der Waals surface area contributed by atoms with Crippen LogP contribution in [0.1, 0.15) is 48.4 Å². The van der Waals surface area contributed by atoms with Crippen molar-refractivity contribution < 1.29 is 14.6 Å². The number of rotatable bonds is 6. The highest BCUT2D eigenvalue weighted by Gasteiger charge is 2.33. The highest BCUT2D eigenvalue weighted by atomic mass is 35.5. The van der Waals surface area contributed by atoms with Gasteiger partial charge in [-0.2, -0.15) is 0 Å². The lowest BCUT2D eigenvalue weighted by atomic mass is 9.84. The SMILES string of the molecule is CCOc1ccc2c(c1)/C(=C/CCN1CCC(O)(c3ccc(Cl)cc3)CC1)c1ccccc1CO2. The summed E-state index contributed by atoms with van der Waals surface area (Å²) in [4.78, 5) is 2.44. The van der Waals surface area contributed by atoms with E-state index >= 15 is 0 Å². The van der Waals surface area contributed by atoms with E-state index in [1.165, 1.54) is 16.7 Å². The standard InChI is InChI=1S/C30H32ClNO3/c1-2-34-25-13-14-29-28(20-25)27(26-7-4-3-6-22(26)21-35-29)8-5-17-32-18-15-30(33,16-19-32)23-9-11-24(31)12-10-23/h3-4,6-14,20,33H,2,5,15-19,21H2,1H3/b27-8+. The lowest BCUT2D eigenvalue weighted by Gasteiger charge is -2.38. The number of halogens is 1. The minimum atomic E-state index is -0.772. The van der Waals surface area contributed by atoms with E-state index in [0.29, 0.717) is 18.2 Å². The Balaban J connectivity index is 1.32. The van der Waals surface area contributed by atoms with Gasteiger partial charge in [-0.3, -0.25) is 0 Å². The van der Waals surface area contributed by atoms with Gasteiger partial charge in [-0.05, 0) is 78.8 Å². The Hall–Kier alpha value is -2.79. The van der Waals surface area contributed by atoms with E-state index in [1.54, 1.807) is 0 Å². The highest BCUT2D eigenvalue weighted by Crippen LogP contribution is 2.39. The summed E-state index contributed by atoms with van der Waals surface area (Å²) >= 11 is 6.03. The molecule has 5 rings (SSSR count). The highest BCUT2D eigenvalue weighted by molar-refractivity contribution is 6.30. The molecule has 5 heteroatoms. The summed E-state index contributed by atoms with van der Waals surface area (Å²) in [6.45, 7) is 5.88. The molecule has 2 heterocycles. The Labute approximate surface area is 212 Å². The summed E-state index contributed by atoms with van der Waals surface area (Å²) < 4.78 is 12.0. The fourth-order valence-corrected chi connectivity index (χ4v) is 5.24. The van der Waals surface area contributed by atoms with Crippen LogP contribution in [-0.4, -0.2) is 36.2 Å². The second-order valence-corrected chi connectivity index (χ2v) is 9.76. The van der Waals surface area contributed by atoms with Crippen LogP contribution in [0.3, 0.4) is 0 Å². The molecule has 0 unspecified atom stereocenters. The molecule has 2 aliphatic rings. The molecule has 3 aromatic carbocycles. The minimum absolute atomic E-state index is 0.559. The Bertz CT molecular complexity index is 1200. The van der Waals surface area contributed by atoms with Crippen LogP contribution in [0.25, 0.3) is 5.57 Å². The number of ether oxygens (including phenoxy) is 2. The van der Waals surface area contributed by atoms with E-state index in [2.05, 4.69) is 41.3 Å². The van der Waals surface area contributed by atoms with Gasteiger partial charge in [0.2, 0.25) is 0 Å². The molecule has 2 aliphatic heterocycles. The molecular formula is C30H32ClNO3. The number of nitrogens with zero attached hydrogens (tertiary/aromatic N) is 1. The van der Waals surface area contributed by atoms with Gasteiger partial charge in [-0.1, -0.05) is 54.1 Å². The third kappa shape index (κ3) is 5.25. The molecule has 0 aliphatic carbocycles. The van der Waals surface area contributed by atoms with Crippen molar-refractivity contribution in [1.82, 2.24) is 4.90 Å². The molecule has 0 spiro atoms. The monoisotopic (exact) mass is 489 g/mol. The average Bonchev–Trinajstić information content (AvgIpc) is 3.03. The zero-order valence-electron chi connectivity index (χ0n) is 20.2. The van der Waals surface area contributed by atoms with Gasteiger partial charge in [-0.15, -0.1) is 0 Å². The topological polar surface area (TPSA) is 41.9 Å². The normalized spacial score (nSPS) is 18.3. The van der Waals surface area contributed by atoms with Gasteiger partial charge in [0.1, 0.15) is 18.1 Å². The third-order valence-electron chi connectivity index (χ3n) is 7.10. The second-order valence-electron chi connectivity index (χ2n) is 9.32. The van der Waals surface area contributed by atoms with Crippen molar-refractivity contribution in [1.29, 1.82) is 0 Å². The number of piperidine rings is 1. The molecule has 0 aromatic heterocycles. The molecule has 182 valence electrons. The number of likely N-dealkylation sites (tertiary alicyclic amines) is 1. The molecule has 3 aromatic rings. The molecule has 0 saturated carbocycles. The van der Waals surface area contributed by atoms with Crippen LogP contribution in [0.5, 0.6) is 11.5 Å². The van der Waals surface area contributed by atoms with Crippen LogP contribution in [0, 0.1) is 0 Å². The van der Waals surface area contributed by atoms with Gasteiger partial charge in [0.25, 0.3) is 0 Å². The first-order valence-electron chi connectivity index (χ1n) is 12.4. The van der Waals surface area contributed by atoms with Crippen LogP contribution < -0.4 is 9.47 Å². The second kappa shape index (κ2) is 10.4. The van der Waals surface area contributed by atoms with Crippen LogP contribution in [0.15, 0.2) is 72.8 Å². The van der Waals surface area contributed by atoms with E-state index in [1.807, 2.05) is 43.3 Å². The molecule has 0 atom stereocenters. The number of hydrogen-bond donors (Lipinski definition) is 1. The van der Waals surface area contributed by atoms with E-state index in [-0.39, 0.29) is 0 Å². The summed E-state index contributed by atoms with van der Waals surface area (Å²) in [5, 5.41) is 11.9. The maximum atomic E-state index is 11.2. The van der Waals surface area contributed by atoms with Gasteiger partial charge in [-0.25, -0.2) is 0 Å². The zero-order valence-corrected chi connectivity index (χ0v) is 20.9. The maximum absolute atomic E-state index is 11.2. The maximum Gasteiger partial charge on any atom is 0.127 e. The minimum Gasteiger partial charge on any atom is -0.494 e. The summed E-state index contributed by atoms with van der Waals surface area (Å²) in [5.41, 5.74) is 4.88. The smallest absolute Gasteiger partial charge is 0.127 e. The van der Waals surface area contributed by atoms with E-state index in [9.17, 15) is 5.11 Å². The van der Waals surface area contributed by atoms with E-state index in [4.69, 9.17) is 21.1 Å². The Morgan fingerprint density at radius 1 is 1.03 bits per heavy atom. The van der Waals surface area contributed by atoms with Crippen molar-refractivity contribution in [2.75, 3.05) is 26.2 Å². The summed E-state index contributed by atoms with van der Waals surface area (Å²) in [6.07, 6.45) is 4.70. The van der Waals surface area contributed by atoms with Crippen molar-refractivity contribution in [2.45, 2.75) is 38.4 Å². The van der Waals surface area contributed by atoms with Crippen LogP contribution >= 0.6 is 11.6 Å². The fraction of sp³-hybridized carbons (Fsp3) is 0.333. The quantitative estimate of drug-likeness (QED) is 0.433. The predicted molar refractivity (Wildman–Crippen MR) is 141 cm³/mol. The van der Waals surface area contributed by atoms with Gasteiger partial charge in [0, 0.05) is 30.2 Å². The van der Waals surface area contributed by atoms with Gasteiger partial charge < -0.3 is 19.5 Å². The first-order chi connectivity index (χ1) is 17.1. The molecule has 1 saturated heterocycles. The first-order valence-corrected chi connectivity index (χ1v) is 12.8. The zero-order chi connectivity index (χ0) is 24.3. The van der Waals surface area contributed by atoms with Gasteiger partial charge in [0.15, 0.2) is 0 Å². The number of benzene rings is 3. The van der Waals surface area contributed by atoms with E-state index in [0.717, 1.165) is 61.5 Å². The van der Waals surface area contributed by atoms with Crippen molar-refractivity contribution in [2.24, 2.45) is 0 Å². The average molecular weight is 490 g/mol.